The molecule has 1 rings (SSSR count). The topological polar surface area (TPSA) is 95.1 Å². The largest absolute Gasteiger partial charge is 0.358 e. The summed E-state index contributed by atoms with van der Waals surface area (Å²) >= 11 is 5.06. The molecule has 0 radical (unpaired) electrons. The number of hydrazine groups is 1. The van der Waals surface area contributed by atoms with E-state index in [9.17, 15) is 8.42 Å². The molecule has 0 aliphatic rings. The molecule has 0 fully saturated rings. The lowest BCUT2D eigenvalue weighted by Gasteiger charge is -2.20. The Morgan fingerprint density at radius 2 is 2.00 bits per heavy atom. The fraction of sp³-hybridized carbons (Fsp3) is 0.429. The first-order valence-corrected chi connectivity index (χ1v) is 8.83. The molecule has 1 aromatic heterocycles. The molecule has 0 saturated heterocycles. The van der Waals surface area contributed by atoms with Gasteiger partial charge in [-0.25, -0.2) is 18.1 Å². The molecule has 0 saturated carbocycles. The summed E-state index contributed by atoms with van der Waals surface area (Å²) in [5, 5.41) is 3.33. The van der Waals surface area contributed by atoms with Crippen molar-refractivity contribution in [2.45, 2.75) is 38.1 Å². The van der Waals surface area contributed by atoms with E-state index in [2.05, 4.69) is 32.5 Å². The molecule has 7 nitrogen and oxygen atoms in total. The Bertz CT molecular complexity index is 663. The smallest absolute Gasteiger partial charge is 0.242 e. The van der Waals surface area contributed by atoms with Gasteiger partial charge in [0.05, 0.1) is 0 Å². The predicted octanol–water partition coefficient (Wildman–Crippen LogP) is 1.53. The monoisotopic (exact) mass is 357 g/mol. The van der Waals surface area contributed by atoms with Gasteiger partial charge in [-0.05, 0) is 52.0 Å². The zero-order chi connectivity index (χ0) is 17.7. The Hall–Kier alpha value is -1.71. The van der Waals surface area contributed by atoms with Gasteiger partial charge in [0.15, 0.2) is 5.11 Å². The molecule has 0 aromatic carbocycles. The Kier molecular flexibility index (Phi) is 6.48. The number of anilines is 1. The number of hydrogen-bond donors (Lipinski definition) is 4. The molecular formula is C14H23N5O2S2. The van der Waals surface area contributed by atoms with Crippen LogP contribution < -0.4 is 20.9 Å². The van der Waals surface area contributed by atoms with Crippen LogP contribution in [0, 0.1) is 0 Å². The van der Waals surface area contributed by atoms with E-state index < -0.39 is 15.6 Å². The van der Waals surface area contributed by atoms with Crippen LogP contribution in [0.2, 0.25) is 0 Å². The Morgan fingerprint density at radius 1 is 1.35 bits per heavy atom. The van der Waals surface area contributed by atoms with E-state index in [4.69, 9.17) is 12.2 Å². The second kappa shape index (κ2) is 7.71. The quantitative estimate of drug-likeness (QED) is 0.348. The van der Waals surface area contributed by atoms with E-state index in [0.29, 0.717) is 17.5 Å². The molecule has 0 unspecified atom stereocenters. The Labute approximate surface area is 143 Å². The van der Waals surface area contributed by atoms with E-state index >= 15 is 0 Å². The zero-order valence-electron chi connectivity index (χ0n) is 13.7. The third-order valence-electron chi connectivity index (χ3n) is 2.34. The maximum Gasteiger partial charge on any atom is 0.242 e. The third kappa shape index (κ3) is 7.40. The van der Waals surface area contributed by atoms with Crippen LogP contribution in [0.3, 0.4) is 0 Å². The summed E-state index contributed by atoms with van der Waals surface area (Å²) < 4.78 is 26.9. The number of thiocarbonyl (C=S) groups is 1. The van der Waals surface area contributed by atoms with Crippen molar-refractivity contribution in [2.75, 3.05) is 12.0 Å². The first-order valence-electron chi connectivity index (χ1n) is 6.94. The van der Waals surface area contributed by atoms with Gasteiger partial charge in [0.2, 0.25) is 10.0 Å². The van der Waals surface area contributed by atoms with E-state index in [-0.39, 0.29) is 4.90 Å². The van der Waals surface area contributed by atoms with Crippen LogP contribution in [0.25, 0.3) is 0 Å². The van der Waals surface area contributed by atoms with Crippen molar-refractivity contribution in [3.63, 3.8) is 0 Å². The molecule has 1 aromatic rings. The van der Waals surface area contributed by atoms with Crippen LogP contribution in [0.5, 0.6) is 0 Å². The first-order chi connectivity index (χ1) is 10.5. The van der Waals surface area contributed by atoms with Crippen molar-refractivity contribution in [3.05, 3.63) is 30.5 Å². The standard InChI is InChI=1S/C14H23N5O2S2/c1-10(2)8-16-13(22)18-17-12-7-6-11(9-15-12)23(20,21)19-14(3,4)5/h6-7,9,19H,1,8H2,2-5H3,(H,15,17)(H2,16,18,22). The summed E-state index contributed by atoms with van der Waals surface area (Å²) in [6, 6.07) is 3.01. The summed E-state index contributed by atoms with van der Waals surface area (Å²) in [6.45, 7) is 11.5. The second-order valence-corrected chi connectivity index (χ2v) is 8.22. The normalized spacial score (nSPS) is 11.7. The highest BCUT2D eigenvalue weighted by molar-refractivity contribution is 7.89. The van der Waals surface area contributed by atoms with Crippen molar-refractivity contribution in [2.24, 2.45) is 0 Å². The molecule has 1 heterocycles. The Balaban J connectivity index is 2.63. The molecular weight excluding hydrogens is 334 g/mol. The first kappa shape index (κ1) is 19.3. The van der Waals surface area contributed by atoms with Crippen molar-refractivity contribution in [1.82, 2.24) is 20.4 Å². The van der Waals surface area contributed by atoms with E-state index in [0.717, 1.165) is 5.57 Å². The molecule has 0 atom stereocenters. The predicted molar refractivity (Wildman–Crippen MR) is 96.5 cm³/mol. The van der Waals surface area contributed by atoms with Crippen molar-refractivity contribution >= 4 is 33.2 Å². The van der Waals surface area contributed by atoms with Crippen LogP contribution in [0.4, 0.5) is 5.82 Å². The van der Waals surface area contributed by atoms with Gasteiger partial charge in [0.25, 0.3) is 0 Å². The highest BCUT2D eigenvalue weighted by Crippen LogP contribution is 2.13. The van der Waals surface area contributed by atoms with Crippen LogP contribution in [-0.4, -0.2) is 30.6 Å². The zero-order valence-corrected chi connectivity index (χ0v) is 15.4. The van der Waals surface area contributed by atoms with Gasteiger partial charge < -0.3 is 5.32 Å². The number of hydrogen-bond acceptors (Lipinski definition) is 5. The van der Waals surface area contributed by atoms with Crippen LogP contribution in [0.15, 0.2) is 35.4 Å². The highest BCUT2D eigenvalue weighted by atomic mass is 32.2. The fourth-order valence-electron chi connectivity index (χ4n) is 1.47. The van der Waals surface area contributed by atoms with Crippen LogP contribution in [-0.2, 0) is 10.0 Å². The van der Waals surface area contributed by atoms with Crippen LogP contribution >= 0.6 is 12.2 Å². The lowest BCUT2D eigenvalue weighted by molar-refractivity contribution is 0.491. The van der Waals surface area contributed by atoms with Crippen molar-refractivity contribution in [3.8, 4) is 0 Å². The summed E-state index contributed by atoms with van der Waals surface area (Å²) in [5.41, 5.74) is 5.93. The number of nitrogens with zero attached hydrogens (tertiary/aromatic N) is 1. The third-order valence-corrected chi connectivity index (χ3v) is 4.33. The minimum atomic E-state index is -3.59. The summed E-state index contributed by atoms with van der Waals surface area (Å²) in [4.78, 5) is 4.14. The van der Waals surface area contributed by atoms with Crippen molar-refractivity contribution < 1.29 is 8.42 Å². The molecule has 128 valence electrons. The molecule has 0 aliphatic heterocycles. The lowest BCUT2D eigenvalue weighted by Crippen LogP contribution is -2.40. The van der Waals surface area contributed by atoms with Gasteiger partial charge in [-0.1, -0.05) is 12.2 Å². The lowest BCUT2D eigenvalue weighted by atomic mass is 10.1. The Morgan fingerprint density at radius 3 is 2.48 bits per heavy atom. The summed E-state index contributed by atoms with van der Waals surface area (Å²) in [7, 11) is -3.59. The minimum Gasteiger partial charge on any atom is -0.358 e. The van der Waals surface area contributed by atoms with Gasteiger partial charge in [0, 0.05) is 18.3 Å². The summed E-state index contributed by atoms with van der Waals surface area (Å²) in [5.74, 6) is 0.444. The average molecular weight is 358 g/mol. The number of nitrogens with one attached hydrogen (secondary N) is 4. The van der Waals surface area contributed by atoms with E-state index in [1.807, 2.05) is 6.92 Å². The SMILES string of the molecule is C=C(C)CNC(=S)NNc1ccc(S(=O)(=O)NC(C)(C)C)cn1. The second-order valence-electron chi connectivity index (χ2n) is 6.12. The summed E-state index contributed by atoms with van der Waals surface area (Å²) in [6.07, 6.45) is 1.28. The number of pyridine rings is 1. The van der Waals surface area contributed by atoms with Crippen LogP contribution in [0.1, 0.15) is 27.7 Å². The number of rotatable bonds is 6. The van der Waals surface area contributed by atoms with Gasteiger partial charge in [0.1, 0.15) is 10.7 Å². The fourth-order valence-corrected chi connectivity index (χ4v) is 2.96. The molecule has 0 bridgehead atoms. The maximum atomic E-state index is 12.1. The van der Waals surface area contributed by atoms with Gasteiger partial charge in [-0.3, -0.25) is 10.9 Å². The number of sulfonamides is 1. The van der Waals surface area contributed by atoms with E-state index in [1.54, 1.807) is 26.8 Å². The van der Waals surface area contributed by atoms with Gasteiger partial charge in [-0.15, -0.1) is 0 Å². The molecule has 0 aliphatic carbocycles. The minimum absolute atomic E-state index is 0.0981. The molecule has 4 N–H and O–H groups in total. The number of aromatic nitrogens is 1. The van der Waals surface area contributed by atoms with E-state index in [1.165, 1.54) is 12.3 Å². The maximum absolute atomic E-state index is 12.1. The molecule has 9 heteroatoms. The molecule has 23 heavy (non-hydrogen) atoms. The van der Waals surface area contributed by atoms with Gasteiger partial charge in [-0.2, -0.15) is 0 Å². The molecule has 0 amide bonds. The average Bonchev–Trinajstić information content (AvgIpc) is 2.40. The highest BCUT2D eigenvalue weighted by Gasteiger charge is 2.22. The van der Waals surface area contributed by atoms with Gasteiger partial charge >= 0.3 is 0 Å². The molecule has 0 spiro atoms. The van der Waals surface area contributed by atoms with Crippen molar-refractivity contribution in [1.29, 1.82) is 0 Å².